The van der Waals surface area contributed by atoms with Crippen molar-refractivity contribution in [1.82, 2.24) is 0 Å². The lowest BCUT2D eigenvalue weighted by atomic mass is 9.53. The molecule has 1 N–H and O–H groups in total. The molecule has 1 saturated carbocycles. The number of aliphatic hydroxyl groups is 1. The molecule has 96 valence electrons. The number of hydrogen-bond donors (Lipinski definition) is 1. The molecule has 17 heavy (non-hydrogen) atoms. The van der Waals surface area contributed by atoms with Gasteiger partial charge in [0.1, 0.15) is 0 Å². The summed E-state index contributed by atoms with van der Waals surface area (Å²) in [5.41, 5.74) is 1.21. The van der Waals surface area contributed by atoms with Gasteiger partial charge in [-0.1, -0.05) is 27.4 Å². The Morgan fingerprint density at radius 1 is 1.35 bits per heavy atom. The maximum absolute atomic E-state index is 10.6. The molecular formula is C15H24O2. The average molecular weight is 236 g/mol. The Morgan fingerprint density at radius 2 is 2.06 bits per heavy atom. The summed E-state index contributed by atoms with van der Waals surface area (Å²) >= 11 is 0. The highest BCUT2D eigenvalue weighted by Gasteiger charge is 2.64. The molecule has 2 heterocycles. The average Bonchev–Trinajstić information content (AvgIpc) is 2.44. The van der Waals surface area contributed by atoms with Crippen LogP contribution in [0.3, 0.4) is 0 Å². The Balaban J connectivity index is 2.05. The van der Waals surface area contributed by atoms with Crippen LogP contribution in [0.2, 0.25) is 0 Å². The van der Waals surface area contributed by atoms with Gasteiger partial charge in [-0.3, -0.25) is 0 Å². The second kappa shape index (κ2) is 3.16. The molecule has 2 heteroatoms. The second-order valence-electron chi connectivity index (χ2n) is 7.45. The van der Waals surface area contributed by atoms with Gasteiger partial charge in [-0.05, 0) is 36.7 Å². The molecule has 2 aliphatic heterocycles. The van der Waals surface area contributed by atoms with Crippen LogP contribution in [0.25, 0.3) is 0 Å². The summed E-state index contributed by atoms with van der Waals surface area (Å²) in [4.78, 5) is 0. The number of fused-ring (bicyclic) bond motifs is 1. The molecule has 4 atom stereocenters. The third-order valence-corrected chi connectivity index (χ3v) is 5.55. The fraction of sp³-hybridized carbons (Fsp3) is 0.867. The fourth-order valence-electron chi connectivity index (χ4n) is 4.51. The summed E-state index contributed by atoms with van der Waals surface area (Å²) in [5.74, 6) is 0. The number of ether oxygens (including phenoxy) is 1. The molecule has 3 rings (SSSR count). The van der Waals surface area contributed by atoms with E-state index in [1.165, 1.54) is 5.57 Å². The molecule has 0 aromatic carbocycles. The van der Waals surface area contributed by atoms with E-state index in [-0.39, 0.29) is 28.6 Å². The molecule has 0 amide bonds. The van der Waals surface area contributed by atoms with Gasteiger partial charge in [0.2, 0.25) is 0 Å². The third kappa shape index (κ3) is 1.40. The monoisotopic (exact) mass is 236 g/mol. The fourth-order valence-corrected chi connectivity index (χ4v) is 4.51. The molecule has 1 spiro atoms. The Hall–Kier alpha value is -0.340. The first kappa shape index (κ1) is 11.7. The van der Waals surface area contributed by atoms with E-state index < -0.39 is 0 Å². The lowest BCUT2D eigenvalue weighted by Crippen LogP contribution is -2.61. The molecule has 2 nitrogen and oxygen atoms in total. The lowest BCUT2D eigenvalue weighted by Gasteiger charge is -2.58. The van der Waals surface area contributed by atoms with Crippen LogP contribution in [0.5, 0.6) is 0 Å². The summed E-state index contributed by atoms with van der Waals surface area (Å²) in [6.45, 7) is 10.9. The molecule has 0 aromatic rings. The first-order valence-electron chi connectivity index (χ1n) is 6.82. The largest absolute Gasteiger partial charge is 0.392 e. The van der Waals surface area contributed by atoms with E-state index >= 15 is 0 Å². The summed E-state index contributed by atoms with van der Waals surface area (Å²) < 4.78 is 6.35. The van der Waals surface area contributed by atoms with E-state index in [0.717, 1.165) is 32.1 Å². The molecule has 2 bridgehead atoms. The smallest absolute Gasteiger partial charge is 0.0811 e. The molecule has 0 radical (unpaired) electrons. The van der Waals surface area contributed by atoms with Crippen LogP contribution in [0.1, 0.15) is 52.9 Å². The highest BCUT2D eigenvalue weighted by atomic mass is 16.5. The SMILES string of the molecule is C=C1CC23CC(C)(C)CC(O)C2(C)CCC1O3. The van der Waals surface area contributed by atoms with E-state index in [4.69, 9.17) is 4.74 Å². The van der Waals surface area contributed by atoms with Crippen molar-refractivity contribution < 1.29 is 9.84 Å². The zero-order chi connectivity index (χ0) is 12.5. The van der Waals surface area contributed by atoms with Crippen LogP contribution in [-0.4, -0.2) is 22.9 Å². The van der Waals surface area contributed by atoms with Crippen LogP contribution in [-0.2, 0) is 4.74 Å². The lowest BCUT2D eigenvalue weighted by molar-refractivity contribution is -0.238. The molecule has 4 unspecified atom stereocenters. The van der Waals surface area contributed by atoms with Crippen molar-refractivity contribution in [2.45, 2.75) is 70.7 Å². The number of rotatable bonds is 0. The predicted molar refractivity (Wildman–Crippen MR) is 67.7 cm³/mol. The van der Waals surface area contributed by atoms with Gasteiger partial charge in [-0.15, -0.1) is 0 Å². The van der Waals surface area contributed by atoms with E-state index in [0.29, 0.717) is 0 Å². The van der Waals surface area contributed by atoms with Gasteiger partial charge in [0, 0.05) is 11.8 Å². The minimum atomic E-state index is -0.238. The number of hydrogen-bond acceptors (Lipinski definition) is 2. The van der Waals surface area contributed by atoms with E-state index in [2.05, 4.69) is 27.4 Å². The first-order valence-corrected chi connectivity index (χ1v) is 6.82. The van der Waals surface area contributed by atoms with Crippen molar-refractivity contribution in [1.29, 1.82) is 0 Å². The van der Waals surface area contributed by atoms with Crippen molar-refractivity contribution in [3.05, 3.63) is 12.2 Å². The maximum atomic E-state index is 10.6. The van der Waals surface area contributed by atoms with E-state index in [9.17, 15) is 5.11 Å². The summed E-state index contributed by atoms with van der Waals surface area (Å²) in [6.07, 6.45) is 5.04. The van der Waals surface area contributed by atoms with Crippen LogP contribution in [0, 0.1) is 10.8 Å². The van der Waals surface area contributed by atoms with Crippen LogP contribution < -0.4 is 0 Å². The molecule has 1 aliphatic carbocycles. The topological polar surface area (TPSA) is 29.5 Å². The summed E-state index contributed by atoms with van der Waals surface area (Å²) in [7, 11) is 0. The van der Waals surface area contributed by atoms with Gasteiger partial charge in [0.05, 0.1) is 17.8 Å². The Kier molecular flexibility index (Phi) is 2.18. The minimum Gasteiger partial charge on any atom is -0.392 e. The molecule has 3 aliphatic rings. The van der Waals surface area contributed by atoms with Gasteiger partial charge in [0.15, 0.2) is 0 Å². The van der Waals surface area contributed by atoms with Gasteiger partial charge in [-0.2, -0.15) is 0 Å². The molecule has 2 saturated heterocycles. The zero-order valence-corrected chi connectivity index (χ0v) is 11.3. The minimum absolute atomic E-state index is 0.0710. The molecular weight excluding hydrogens is 212 g/mol. The normalized spacial score (nSPS) is 52.4. The van der Waals surface area contributed by atoms with Crippen molar-refractivity contribution in [2.75, 3.05) is 0 Å². The molecule has 0 aromatic heterocycles. The Morgan fingerprint density at radius 3 is 2.76 bits per heavy atom. The predicted octanol–water partition coefficient (Wildman–Crippen LogP) is 3.05. The Labute approximate surface area is 104 Å². The van der Waals surface area contributed by atoms with Gasteiger partial charge in [-0.25, -0.2) is 0 Å². The van der Waals surface area contributed by atoms with Gasteiger partial charge >= 0.3 is 0 Å². The molecule has 3 fully saturated rings. The Bertz CT molecular complexity index is 373. The van der Waals surface area contributed by atoms with Crippen molar-refractivity contribution in [3.63, 3.8) is 0 Å². The van der Waals surface area contributed by atoms with Crippen molar-refractivity contribution in [2.24, 2.45) is 10.8 Å². The van der Waals surface area contributed by atoms with Crippen molar-refractivity contribution in [3.8, 4) is 0 Å². The van der Waals surface area contributed by atoms with E-state index in [1.807, 2.05) is 0 Å². The highest BCUT2D eigenvalue weighted by Crippen LogP contribution is 2.63. The van der Waals surface area contributed by atoms with Crippen LogP contribution in [0.15, 0.2) is 12.2 Å². The zero-order valence-electron chi connectivity index (χ0n) is 11.3. The summed E-state index contributed by atoms with van der Waals surface area (Å²) in [5, 5.41) is 10.6. The van der Waals surface area contributed by atoms with Gasteiger partial charge in [0.25, 0.3) is 0 Å². The van der Waals surface area contributed by atoms with E-state index in [1.54, 1.807) is 0 Å². The highest BCUT2D eigenvalue weighted by molar-refractivity contribution is 5.25. The van der Waals surface area contributed by atoms with Crippen molar-refractivity contribution >= 4 is 0 Å². The quantitative estimate of drug-likeness (QED) is 0.655. The first-order chi connectivity index (χ1) is 7.78. The maximum Gasteiger partial charge on any atom is 0.0811 e. The summed E-state index contributed by atoms with van der Waals surface area (Å²) in [6, 6.07) is 0. The van der Waals surface area contributed by atoms with Crippen LogP contribution >= 0.6 is 0 Å². The third-order valence-electron chi connectivity index (χ3n) is 5.55. The number of aliphatic hydroxyl groups excluding tert-OH is 1. The second-order valence-corrected chi connectivity index (χ2v) is 7.45. The van der Waals surface area contributed by atoms with Crippen LogP contribution in [0.4, 0.5) is 0 Å². The van der Waals surface area contributed by atoms with Gasteiger partial charge < -0.3 is 9.84 Å². The standard InChI is InChI=1S/C15H24O2/c1-10-7-15-9-13(2,3)8-12(16)14(15,4)6-5-11(10)17-15/h11-12,16H,1,5-9H2,2-4H3.